The van der Waals surface area contributed by atoms with Crippen molar-refractivity contribution in [3.8, 4) is 0 Å². The highest BCUT2D eigenvalue weighted by Crippen LogP contribution is 2.12. The number of carbonyl (C=O) groups excluding carboxylic acids is 1. The molecule has 6 heteroatoms. The van der Waals surface area contributed by atoms with Gasteiger partial charge in [0.05, 0.1) is 16.2 Å². The number of benzene rings is 1. The van der Waals surface area contributed by atoms with E-state index in [2.05, 4.69) is 0 Å². The summed E-state index contributed by atoms with van der Waals surface area (Å²) in [5, 5.41) is 9.63. The van der Waals surface area contributed by atoms with E-state index in [-0.39, 0.29) is 29.5 Å². The average molecular weight is 299 g/mol. The molecule has 20 heavy (non-hydrogen) atoms. The molecule has 0 atom stereocenters. The Hall–Kier alpha value is -1.40. The van der Waals surface area contributed by atoms with Crippen LogP contribution in [-0.4, -0.2) is 49.3 Å². The van der Waals surface area contributed by atoms with Crippen LogP contribution in [0.15, 0.2) is 35.2 Å². The van der Waals surface area contributed by atoms with E-state index in [0.717, 1.165) is 0 Å². The van der Waals surface area contributed by atoms with Crippen LogP contribution >= 0.6 is 0 Å². The summed E-state index contributed by atoms with van der Waals surface area (Å²) < 4.78 is 24.0. The molecule has 0 heterocycles. The Kier molecular flexibility index (Phi) is 5.30. The van der Waals surface area contributed by atoms with E-state index in [9.17, 15) is 18.3 Å². The highest BCUT2D eigenvalue weighted by molar-refractivity contribution is 7.91. The van der Waals surface area contributed by atoms with Crippen molar-refractivity contribution in [2.24, 2.45) is 0 Å². The summed E-state index contributed by atoms with van der Waals surface area (Å²) in [6, 6.07) is 8.06. The first kappa shape index (κ1) is 16.7. The zero-order valence-corrected chi connectivity index (χ0v) is 12.9. The lowest BCUT2D eigenvalue weighted by Crippen LogP contribution is -2.40. The number of sulfone groups is 1. The van der Waals surface area contributed by atoms with E-state index < -0.39 is 15.4 Å². The van der Waals surface area contributed by atoms with Crippen molar-refractivity contribution in [1.82, 2.24) is 4.90 Å². The number of carbonyl (C=O) groups is 1. The Morgan fingerprint density at radius 2 is 1.80 bits per heavy atom. The van der Waals surface area contributed by atoms with Gasteiger partial charge in [0, 0.05) is 20.0 Å². The Morgan fingerprint density at radius 1 is 1.25 bits per heavy atom. The average Bonchev–Trinajstić information content (AvgIpc) is 2.35. The van der Waals surface area contributed by atoms with Gasteiger partial charge in [0.25, 0.3) is 0 Å². The van der Waals surface area contributed by atoms with Crippen LogP contribution in [0.2, 0.25) is 0 Å². The molecule has 0 unspecified atom stereocenters. The van der Waals surface area contributed by atoms with Crippen LogP contribution in [0, 0.1) is 0 Å². The fourth-order valence-electron chi connectivity index (χ4n) is 1.83. The fraction of sp³-hybridized carbons (Fsp3) is 0.500. The van der Waals surface area contributed by atoms with Gasteiger partial charge in [-0.05, 0) is 26.0 Å². The molecule has 112 valence electrons. The summed E-state index contributed by atoms with van der Waals surface area (Å²) >= 11 is 0. The van der Waals surface area contributed by atoms with Gasteiger partial charge in [-0.15, -0.1) is 0 Å². The Bertz CT molecular complexity index is 546. The minimum atomic E-state index is -3.44. The van der Waals surface area contributed by atoms with E-state index in [4.69, 9.17) is 0 Å². The number of aliphatic hydroxyl groups is 1. The molecule has 1 rings (SSSR count). The molecule has 0 aliphatic heterocycles. The zero-order valence-electron chi connectivity index (χ0n) is 12.0. The van der Waals surface area contributed by atoms with Gasteiger partial charge >= 0.3 is 0 Å². The summed E-state index contributed by atoms with van der Waals surface area (Å²) in [6.45, 7) is 3.35. The lowest BCUT2D eigenvalue weighted by Gasteiger charge is -2.25. The van der Waals surface area contributed by atoms with Crippen molar-refractivity contribution in [2.75, 3.05) is 19.3 Å². The third kappa shape index (κ3) is 5.30. The van der Waals surface area contributed by atoms with Crippen molar-refractivity contribution < 1.29 is 18.3 Å². The van der Waals surface area contributed by atoms with Crippen molar-refractivity contribution in [3.63, 3.8) is 0 Å². The topological polar surface area (TPSA) is 74.7 Å². The summed E-state index contributed by atoms with van der Waals surface area (Å²) in [6.07, 6.45) is -0.0934. The van der Waals surface area contributed by atoms with Crippen LogP contribution in [0.1, 0.15) is 20.3 Å². The molecular formula is C14H21NO4S. The maximum absolute atomic E-state index is 12.0. The highest BCUT2D eigenvalue weighted by atomic mass is 32.2. The molecule has 1 aromatic carbocycles. The predicted molar refractivity (Wildman–Crippen MR) is 77.0 cm³/mol. The molecule has 5 nitrogen and oxygen atoms in total. The van der Waals surface area contributed by atoms with Crippen LogP contribution in [0.5, 0.6) is 0 Å². The quantitative estimate of drug-likeness (QED) is 0.853. The van der Waals surface area contributed by atoms with E-state index in [1.54, 1.807) is 39.1 Å². The van der Waals surface area contributed by atoms with Gasteiger partial charge in [-0.25, -0.2) is 8.42 Å². The Labute approximate surface area is 120 Å². The molecule has 0 radical (unpaired) electrons. The first-order valence-electron chi connectivity index (χ1n) is 6.36. The van der Waals surface area contributed by atoms with Gasteiger partial charge in [-0.3, -0.25) is 4.79 Å². The van der Waals surface area contributed by atoms with Gasteiger partial charge in [-0.2, -0.15) is 0 Å². The summed E-state index contributed by atoms with van der Waals surface area (Å²) in [5.74, 6) is -0.530. The van der Waals surface area contributed by atoms with Gasteiger partial charge < -0.3 is 10.0 Å². The lowest BCUT2D eigenvalue weighted by molar-refractivity contribution is -0.132. The van der Waals surface area contributed by atoms with Crippen molar-refractivity contribution >= 4 is 15.7 Å². The second-order valence-electron chi connectivity index (χ2n) is 5.44. The monoisotopic (exact) mass is 299 g/mol. The SMILES string of the molecule is CN(CC(C)(C)O)C(=O)CCS(=O)(=O)c1ccccc1. The normalized spacial score (nSPS) is 12.2. The molecule has 0 fully saturated rings. The molecule has 1 aromatic rings. The third-order valence-electron chi connectivity index (χ3n) is 2.74. The van der Waals surface area contributed by atoms with Crippen LogP contribution < -0.4 is 0 Å². The van der Waals surface area contributed by atoms with Crippen LogP contribution in [-0.2, 0) is 14.6 Å². The first-order chi connectivity index (χ1) is 9.12. The van der Waals surface area contributed by atoms with E-state index in [0.29, 0.717) is 0 Å². The molecule has 0 spiro atoms. The summed E-state index contributed by atoms with van der Waals surface area (Å²) in [7, 11) is -1.89. The van der Waals surface area contributed by atoms with Gasteiger partial charge in [0.15, 0.2) is 9.84 Å². The second-order valence-corrected chi connectivity index (χ2v) is 7.55. The highest BCUT2D eigenvalue weighted by Gasteiger charge is 2.21. The number of hydrogen-bond donors (Lipinski definition) is 1. The van der Waals surface area contributed by atoms with Crippen LogP contribution in [0.25, 0.3) is 0 Å². The summed E-state index contributed by atoms with van der Waals surface area (Å²) in [5.41, 5.74) is -0.997. The molecule has 0 bridgehead atoms. The lowest BCUT2D eigenvalue weighted by atomic mass is 10.1. The predicted octanol–water partition coefficient (Wildman–Crippen LogP) is 1.08. The number of hydrogen-bond acceptors (Lipinski definition) is 4. The maximum Gasteiger partial charge on any atom is 0.223 e. The molecule has 0 aromatic heterocycles. The molecule has 1 amide bonds. The summed E-state index contributed by atoms with van der Waals surface area (Å²) in [4.78, 5) is 13.4. The van der Waals surface area contributed by atoms with Crippen LogP contribution in [0.3, 0.4) is 0 Å². The second kappa shape index (κ2) is 6.37. The first-order valence-corrected chi connectivity index (χ1v) is 8.01. The third-order valence-corrected chi connectivity index (χ3v) is 4.47. The van der Waals surface area contributed by atoms with E-state index in [1.807, 2.05) is 0 Å². The molecule has 0 aliphatic rings. The van der Waals surface area contributed by atoms with Gasteiger partial charge in [-0.1, -0.05) is 18.2 Å². The van der Waals surface area contributed by atoms with Crippen molar-refractivity contribution in [2.45, 2.75) is 30.8 Å². The Morgan fingerprint density at radius 3 is 2.30 bits per heavy atom. The number of rotatable bonds is 6. The zero-order chi connectivity index (χ0) is 15.4. The standard InChI is InChI=1S/C14H21NO4S/c1-14(2,17)11-15(3)13(16)9-10-20(18,19)12-7-5-4-6-8-12/h4-8,17H,9-11H2,1-3H3. The molecule has 0 saturated heterocycles. The minimum Gasteiger partial charge on any atom is -0.389 e. The number of amides is 1. The van der Waals surface area contributed by atoms with Crippen molar-refractivity contribution in [3.05, 3.63) is 30.3 Å². The largest absolute Gasteiger partial charge is 0.389 e. The van der Waals surface area contributed by atoms with Gasteiger partial charge in [0.1, 0.15) is 0 Å². The van der Waals surface area contributed by atoms with Crippen molar-refractivity contribution in [1.29, 1.82) is 0 Å². The van der Waals surface area contributed by atoms with E-state index >= 15 is 0 Å². The van der Waals surface area contributed by atoms with Crippen LogP contribution in [0.4, 0.5) is 0 Å². The molecule has 0 saturated carbocycles. The fourth-order valence-corrected chi connectivity index (χ4v) is 3.08. The Balaban J connectivity index is 2.61. The maximum atomic E-state index is 12.0. The smallest absolute Gasteiger partial charge is 0.223 e. The number of nitrogens with zero attached hydrogens (tertiary/aromatic N) is 1. The number of likely N-dealkylation sites (N-methyl/N-ethyl adjacent to an activating group) is 1. The molecular weight excluding hydrogens is 278 g/mol. The molecule has 1 N–H and O–H groups in total. The van der Waals surface area contributed by atoms with Gasteiger partial charge in [0.2, 0.25) is 5.91 Å². The van der Waals surface area contributed by atoms with E-state index in [1.165, 1.54) is 17.0 Å². The minimum absolute atomic E-state index is 0.0934. The molecule has 0 aliphatic carbocycles.